The second-order valence-electron chi connectivity index (χ2n) is 10.6. The van der Waals surface area contributed by atoms with Crippen LogP contribution in [0, 0.1) is 15.3 Å². The molecular weight excluding hydrogens is 654 g/mol. The van der Waals surface area contributed by atoms with Crippen LogP contribution in [-0.2, 0) is 22.5 Å². The zero-order chi connectivity index (χ0) is 29.2. The maximum Gasteiger partial charge on any atom is 0.410 e. The number of amides is 2. The fraction of sp³-hybridized carbons (Fsp3) is 0.444. The number of carbonyl (C=O) groups excluding carboxylic acids is 2. The number of ether oxygens (including phenoxy) is 1. The first-order chi connectivity index (χ1) is 18.9. The Morgan fingerprint density at radius 3 is 2.65 bits per heavy atom. The van der Waals surface area contributed by atoms with E-state index in [9.17, 15) is 22.7 Å². The molecule has 1 aromatic carbocycles. The predicted octanol–water partition coefficient (Wildman–Crippen LogP) is 5.18. The smallest absolute Gasteiger partial charge is 0.410 e. The van der Waals surface area contributed by atoms with Crippen LogP contribution in [0.4, 0.5) is 9.18 Å². The van der Waals surface area contributed by atoms with E-state index in [2.05, 4.69) is 32.9 Å². The molecule has 0 spiro atoms. The summed E-state index contributed by atoms with van der Waals surface area (Å²) in [4.78, 5) is 31.6. The van der Waals surface area contributed by atoms with Gasteiger partial charge in [0.05, 0.1) is 23.2 Å². The minimum absolute atomic E-state index is 0.0349. The Morgan fingerprint density at radius 2 is 2.02 bits per heavy atom. The predicted molar refractivity (Wildman–Crippen MR) is 157 cm³/mol. The molecule has 2 N–H and O–H groups in total. The van der Waals surface area contributed by atoms with Crippen LogP contribution < -0.4 is 5.32 Å². The lowest BCUT2D eigenvalue weighted by atomic mass is 9.98. The molecular formula is C27H32FIN4O6S. The van der Waals surface area contributed by atoms with Crippen molar-refractivity contribution in [1.82, 2.24) is 19.5 Å². The third-order valence-corrected chi connectivity index (χ3v) is 8.10. The highest BCUT2D eigenvalue weighted by Gasteiger charge is 2.30. The van der Waals surface area contributed by atoms with Gasteiger partial charge in [-0.2, -0.15) is 4.31 Å². The van der Waals surface area contributed by atoms with Crippen LogP contribution >= 0.6 is 22.6 Å². The molecule has 3 aromatic rings. The van der Waals surface area contributed by atoms with Crippen molar-refractivity contribution in [2.45, 2.75) is 45.8 Å². The number of hydrogen-bond acceptors (Lipinski definition) is 6. The minimum Gasteiger partial charge on any atom is -0.444 e. The lowest BCUT2D eigenvalue weighted by Gasteiger charge is -2.35. The highest BCUT2D eigenvalue weighted by molar-refractivity contribution is 14.1. The van der Waals surface area contributed by atoms with E-state index in [1.807, 2.05) is 20.8 Å². The Balaban J connectivity index is 1.59. The first kappa shape index (κ1) is 30.3. The standard InChI is InChI=1S/C27H32FIN4O6S/c1-27(2,3)39-26(35)32-11-5-6-16(13-32)14-33(40(36)37)15-21-20(29)12-19-22(24(34)30-4)23(38-25(19)31-21)17-7-9-18(28)10-8-17/h7-10,12,16H,5-6,11,13-15H2,1-4H3,(H,30,34)(H,36,37). The second kappa shape index (κ2) is 12.5. The van der Waals surface area contributed by atoms with Gasteiger partial charge in [-0.3, -0.25) is 9.35 Å². The molecule has 0 saturated carbocycles. The molecule has 1 aliphatic heterocycles. The minimum atomic E-state index is -2.30. The topological polar surface area (TPSA) is 125 Å². The number of carbonyl (C=O) groups is 2. The summed E-state index contributed by atoms with van der Waals surface area (Å²) in [6, 6.07) is 7.35. The summed E-state index contributed by atoms with van der Waals surface area (Å²) in [6.07, 6.45) is 1.17. The average Bonchev–Trinajstić information content (AvgIpc) is 3.25. The Kier molecular flexibility index (Phi) is 9.47. The maximum atomic E-state index is 13.5. The first-order valence-corrected chi connectivity index (χ1v) is 14.9. The Bertz CT molecular complexity index is 1430. The molecule has 40 heavy (non-hydrogen) atoms. The van der Waals surface area contributed by atoms with Gasteiger partial charge in [0.15, 0.2) is 0 Å². The number of fused-ring (bicyclic) bond motifs is 1. The largest absolute Gasteiger partial charge is 0.444 e. The summed E-state index contributed by atoms with van der Waals surface area (Å²) < 4.78 is 49.6. The number of halogens is 2. The molecule has 2 unspecified atom stereocenters. The van der Waals surface area contributed by atoms with Crippen LogP contribution in [-0.4, -0.2) is 67.2 Å². The van der Waals surface area contributed by atoms with Gasteiger partial charge >= 0.3 is 6.09 Å². The average molecular weight is 687 g/mol. The fourth-order valence-corrected chi connectivity index (χ4v) is 5.82. The van der Waals surface area contributed by atoms with E-state index in [-0.39, 0.29) is 42.0 Å². The van der Waals surface area contributed by atoms with Crippen molar-refractivity contribution in [2.24, 2.45) is 5.92 Å². The van der Waals surface area contributed by atoms with E-state index >= 15 is 0 Å². The van der Waals surface area contributed by atoms with E-state index < -0.39 is 28.8 Å². The van der Waals surface area contributed by atoms with Crippen LogP contribution in [0.2, 0.25) is 0 Å². The monoisotopic (exact) mass is 686 g/mol. The third-order valence-electron chi connectivity index (χ3n) is 6.45. The van der Waals surface area contributed by atoms with Crippen molar-refractivity contribution in [3.05, 3.63) is 51.0 Å². The first-order valence-electron chi connectivity index (χ1n) is 12.8. The zero-order valence-electron chi connectivity index (χ0n) is 22.7. The van der Waals surface area contributed by atoms with Crippen molar-refractivity contribution in [1.29, 1.82) is 0 Å². The number of rotatable bonds is 7. The summed E-state index contributed by atoms with van der Waals surface area (Å²) >= 11 is -0.222. The van der Waals surface area contributed by atoms with Gasteiger partial charge in [-0.15, -0.1) is 0 Å². The van der Waals surface area contributed by atoms with Crippen LogP contribution in [0.25, 0.3) is 22.4 Å². The van der Waals surface area contributed by atoms with Crippen LogP contribution in [0.1, 0.15) is 49.7 Å². The molecule has 2 aromatic heterocycles. The van der Waals surface area contributed by atoms with Crippen LogP contribution in [0.15, 0.2) is 34.7 Å². The number of hydrogen-bond donors (Lipinski definition) is 2. The van der Waals surface area contributed by atoms with Crippen LogP contribution in [0.3, 0.4) is 0 Å². The quantitative estimate of drug-likeness (QED) is 0.259. The number of nitrogens with zero attached hydrogens (tertiary/aromatic N) is 3. The lowest BCUT2D eigenvalue weighted by molar-refractivity contribution is 0.0156. The van der Waals surface area contributed by atoms with Gasteiger partial charge in [-0.25, -0.2) is 18.4 Å². The Labute approximate surface area is 248 Å². The van der Waals surface area contributed by atoms with E-state index in [4.69, 9.17) is 9.15 Å². The molecule has 2 atom stereocenters. The lowest BCUT2D eigenvalue weighted by Crippen LogP contribution is -2.45. The summed E-state index contributed by atoms with van der Waals surface area (Å²) in [5.41, 5.74) is 0.862. The van der Waals surface area contributed by atoms with E-state index in [0.29, 0.717) is 33.3 Å². The number of furan rings is 1. The summed E-state index contributed by atoms with van der Waals surface area (Å²) in [7, 11) is 1.51. The van der Waals surface area contributed by atoms with Gasteiger partial charge in [0, 0.05) is 35.8 Å². The number of aromatic nitrogens is 1. The Morgan fingerprint density at radius 1 is 1.32 bits per heavy atom. The molecule has 3 heterocycles. The van der Waals surface area contributed by atoms with Crippen LogP contribution in [0.5, 0.6) is 0 Å². The number of likely N-dealkylation sites (tertiary alicyclic amines) is 1. The molecule has 1 fully saturated rings. The normalized spacial score (nSPS) is 16.8. The van der Waals surface area contributed by atoms with Gasteiger partial charge in [-0.1, -0.05) is 0 Å². The summed E-state index contributed by atoms with van der Waals surface area (Å²) in [5.74, 6) is -0.580. The Hall–Kier alpha value is -2.62. The van der Waals surface area contributed by atoms with Gasteiger partial charge in [0.1, 0.15) is 17.2 Å². The van der Waals surface area contributed by atoms with E-state index in [0.717, 1.165) is 12.8 Å². The van der Waals surface area contributed by atoms with Crippen molar-refractivity contribution in [2.75, 3.05) is 26.7 Å². The molecule has 13 heteroatoms. The number of nitrogens with one attached hydrogen (secondary N) is 1. The van der Waals surface area contributed by atoms with Gasteiger partial charge in [0.2, 0.25) is 17.0 Å². The van der Waals surface area contributed by atoms with Crippen molar-refractivity contribution >= 4 is 57.0 Å². The number of benzene rings is 1. The van der Waals surface area contributed by atoms with Crippen molar-refractivity contribution in [3.8, 4) is 11.3 Å². The molecule has 4 rings (SSSR count). The molecule has 0 aliphatic carbocycles. The van der Waals surface area contributed by atoms with Crippen molar-refractivity contribution < 1.29 is 31.9 Å². The molecule has 1 aliphatic rings. The van der Waals surface area contributed by atoms with E-state index in [1.54, 1.807) is 11.0 Å². The maximum absolute atomic E-state index is 13.5. The summed E-state index contributed by atoms with van der Waals surface area (Å²) in [6.45, 7) is 6.74. The highest BCUT2D eigenvalue weighted by atomic mass is 127. The molecule has 1 saturated heterocycles. The SMILES string of the molecule is CNC(=O)c1c(-c2ccc(F)cc2)oc2nc(CN(CC3CCCN(C(=O)OC(C)(C)C)C3)S(=O)O)c(I)cc12. The number of piperidine rings is 1. The van der Waals surface area contributed by atoms with E-state index in [1.165, 1.54) is 35.6 Å². The molecule has 216 valence electrons. The fourth-order valence-electron chi connectivity index (χ4n) is 4.65. The number of pyridine rings is 1. The van der Waals surface area contributed by atoms with Gasteiger partial charge in [-0.05, 0) is 92.5 Å². The summed E-state index contributed by atoms with van der Waals surface area (Å²) in [5, 5.41) is 3.09. The molecule has 10 nitrogen and oxygen atoms in total. The van der Waals surface area contributed by atoms with Gasteiger partial charge < -0.3 is 19.4 Å². The molecule has 0 bridgehead atoms. The second-order valence-corrected chi connectivity index (χ2v) is 12.8. The zero-order valence-corrected chi connectivity index (χ0v) is 25.7. The molecule has 2 amide bonds. The highest BCUT2D eigenvalue weighted by Crippen LogP contribution is 2.35. The third kappa shape index (κ3) is 7.17. The van der Waals surface area contributed by atoms with Gasteiger partial charge in [0.25, 0.3) is 5.91 Å². The molecule has 0 radical (unpaired) electrons. The van der Waals surface area contributed by atoms with Crippen molar-refractivity contribution in [3.63, 3.8) is 0 Å².